The lowest BCUT2D eigenvalue weighted by atomic mass is 9.87. The van der Waals surface area contributed by atoms with Gasteiger partial charge in [-0.1, -0.05) is 24.3 Å². The Hall–Kier alpha value is -2.62. The van der Waals surface area contributed by atoms with E-state index in [0.717, 1.165) is 50.0 Å². The van der Waals surface area contributed by atoms with Crippen LogP contribution in [0.3, 0.4) is 0 Å². The first-order chi connectivity index (χ1) is 15.0. The van der Waals surface area contributed by atoms with Crippen molar-refractivity contribution in [2.75, 3.05) is 25.5 Å². The molecule has 2 aliphatic rings. The summed E-state index contributed by atoms with van der Waals surface area (Å²) in [6, 6.07) is 11.2. The molecular formula is C25H33N4O2+. The van der Waals surface area contributed by atoms with Crippen LogP contribution in [0, 0.1) is 25.2 Å². The zero-order valence-corrected chi connectivity index (χ0v) is 18.8. The number of benzene rings is 1. The van der Waals surface area contributed by atoms with Crippen LogP contribution in [0.5, 0.6) is 0 Å². The smallest absolute Gasteiger partial charge is 0.280 e. The number of carbonyl (C=O) groups excluding carboxylic acids is 1. The molecule has 1 saturated heterocycles. The number of nitrogens with zero attached hydrogens (tertiary/aromatic N) is 2. The highest BCUT2D eigenvalue weighted by atomic mass is 16.5. The molecule has 1 aliphatic carbocycles. The third-order valence-corrected chi connectivity index (χ3v) is 7.01. The monoisotopic (exact) mass is 421 g/mol. The molecule has 1 amide bonds. The molecule has 0 radical (unpaired) electrons. The van der Waals surface area contributed by atoms with Gasteiger partial charge < -0.3 is 19.5 Å². The predicted molar refractivity (Wildman–Crippen MR) is 120 cm³/mol. The fraction of sp³-hybridized carbons (Fsp3) is 0.520. The van der Waals surface area contributed by atoms with Crippen molar-refractivity contribution in [1.82, 2.24) is 4.57 Å². The SMILES string of the molecule is Cc1c(C#N)c(NC(=O)C[NH+](C)[C@@H]2CCCc3ccccc32)n(C[C@@H]2CCCO2)c1C. The van der Waals surface area contributed by atoms with Gasteiger partial charge in [0.25, 0.3) is 5.91 Å². The summed E-state index contributed by atoms with van der Waals surface area (Å²) in [7, 11) is 2.10. The zero-order chi connectivity index (χ0) is 22.0. The van der Waals surface area contributed by atoms with Crippen LogP contribution in [0.4, 0.5) is 5.82 Å². The van der Waals surface area contributed by atoms with Gasteiger partial charge in [0.2, 0.25) is 0 Å². The van der Waals surface area contributed by atoms with Crippen molar-refractivity contribution in [3.8, 4) is 6.07 Å². The number of rotatable bonds is 6. The van der Waals surface area contributed by atoms with E-state index in [1.54, 1.807) is 0 Å². The Labute approximate surface area is 184 Å². The van der Waals surface area contributed by atoms with Gasteiger partial charge in [0.05, 0.1) is 25.3 Å². The maximum atomic E-state index is 13.1. The Bertz CT molecular complexity index is 998. The third kappa shape index (κ3) is 4.39. The molecule has 1 fully saturated rings. The molecule has 1 aliphatic heterocycles. The van der Waals surface area contributed by atoms with Crippen molar-refractivity contribution in [1.29, 1.82) is 5.26 Å². The summed E-state index contributed by atoms with van der Waals surface area (Å²) in [6.07, 6.45) is 5.58. The first-order valence-electron chi connectivity index (χ1n) is 11.4. The lowest BCUT2D eigenvalue weighted by Gasteiger charge is -2.30. The van der Waals surface area contributed by atoms with Gasteiger partial charge in [-0.15, -0.1) is 0 Å². The number of fused-ring (bicyclic) bond motifs is 1. The summed E-state index contributed by atoms with van der Waals surface area (Å²) >= 11 is 0. The molecule has 2 N–H and O–H groups in total. The second-order valence-corrected chi connectivity index (χ2v) is 9.01. The molecule has 3 atom stereocenters. The number of quaternary nitrogens is 1. The highest BCUT2D eigenvalue weighted by Crippen LogP contribution is 2.29. The number of anilines is 1. The Morgan fingerprint density at radius 2 is 2.10 bits per heavy atom. The van der Waals surface area contributed by atoms with Crippen LogP contribution in [0.25, 0.3) is 0 Å². The topological polar surface area (TPSA) is 71.5 Å². The highest BCUT2D eigenvalue weighted by Gasteiger charge is 2.29. The minimum atomic E-state index is -0.0526. The maximum Gasteiger partial charge on any atom is 0.280 e. The van der Waals surface area contributed by atoms with Gasteiger partial charge >= 0.3 is 0 Å². The molecule has 1 unspecified atom stereocenters. The van der Waals surface area contributed by atoms with Gasteiger partial charge in [-0.05, 0) is 50.7 Å². The molecule has 4 rings (SSSR count). The number of carbonyl (C=O) groups is 1. The van der Waals surface area contributed by atoms with E-state index in [4.69, 9.17) is 4.74 Å². The van der Waals surface area contributed by atoms with E-state index in [0.29, 0.717) is 30.5 Å². The number of nitrogens with one attached hydrogen (secondary N) is 2. The second kappa shape index (κ2) is 9.25. The normalized spacial score (nSPS) is 21.4. The fourth-order valence-corrected chi connectivity index (χ4v) is 5.17. The third-order valence-electron chi connectivity index (χ3n) is 7.01. The van der Waals surface area contributed by atoms with Crippen LogP contribution in [-0.2, 0) is 22.5 Å². The van der Waals surface area contributed by atoms with Crippen molar-refractivity contribution >= 4 is 11.7 Å². The molecule has 1 aromatic carbocycles. The zero-order valence-electron chi connectivity index (χ0n) is 18.8. The van der Waals surface area contributed by atoms with Crippen LogP contribution < -0.4 is 10.2 Å². The number of hydrogen-bond donors (Lipinski definition) is 2. The van der Waals surface area contributed by atoms with E-state index in [9.17, 15) is 10.1 Å². The molecule has 2 heterocycles. The molecule has 164 valence electrons. The van der Waals surface area contributed by atoms with Crippen molar-refractivity contribution in [3.05, 3.63) is 52.2 Å². The van der Waals surface area contributed by atoms with Gasteiger partial charge in [0, 0.05) is 24.3 Å². The minimum Gasteiger partial charge on any atom is -0.376 e. The van der Waals surface area contributed by atoms with Gasteiger partial charge in [0.1, 0.15) is 17.9 Å². The van der Waals surface area contributed by atoms with Gasteiger partial charge in [-0.3, -0.25) is 4.79 Å². The largest absolute Gasteiger partial charge is 0.376 e. The van der Waals surface area contributed by atoms with Crippen molar-refractivity contribution < 1.29 is 14.4 Å². The molecular weight excluding hydrogens is 388 g/mol. The number of aromatic nitrogens is 1. The van der Waals surface area contributed by atoms with Gasteiger partial charge in [0.15, 0.2) is 6.54 Å². The summed E-state index contributed by atoms with van der Waals surface area (Å²) in [5, 5.41) is 12.8. The molecule has 6 heteroatoms. The Morgan fingerprint density at radius 1 is 1.29 bits per heavy atom. The van der Waals surface area contributed by atoms with E-state index >= 15 is 0 Å². The Morgan fingerprint density at radius 3 is 2.84 bits per heavy atom. The standard InChI is InChI=1S/C25H32N4O2/c1-17-18(2)29(15-20-10-7-13-31-20)25(22(17)14-26)27-24(30)16-28(3)23-12-6-9-19-8-4-5-11-21(19)23/h4-5,8,11,20,23H,6-7,9-10,12-13,15-16H2,1-3H3,(H,27,30)/p+1/t20-,23+/m0/s1. The van der Waals surface area contributed by atoms with Crippen LogP contribution in [0.2, 0.25) is 0 Å². The Balaban J connectivity index is 1.51. The van der Waals surface area contributed by atoms with Crippen LogP contribution in [-0.4, -0.2) is 36.8 Å². The number of hydrogen-bond acceptors (Lipinski definition) is 3. The average molecular weight is 422 g/mol. The van der Waals surface area contributed by atoms with Gasteiger partial charge in [-0.25, -0.2) is 0 Å². The van der Waals surface area contributed by atoms with E-state index in [1.165, 1.54) is 16.0 Å². The average Bonchev–Trinajstić information content (AvgIpc) is 3.36. The number of aryl methyl sites for hydroxylation is 1. The minimum absolute atomic E-state index is 0.0526. The molecule has 0 saturated carbocycles. The van der Waals surface area contributed by atoms with E-state index in [1.807, 2.05) is 13.8 Å². The summed E-state index contributed by atoms with van der Waals surface area (Å²) < 4.78 is 7.87. The first-order valence-corrected chi connectivity index (χ1v) is 11.4. The lowest BCUT2D eigenvalue weighted by molar-refractivity contribution is -0.905. The number of nitriles is 1. The first kappa shape index (κ1) is 21.6. The van der Waals surface area contributed by atoms with Crippen LogP contribution in [0.15, 0.2) is 24.3 Å². The summed E-state index contributed by atoms with van der Waals surface area (Å²) in [4.78, 5) is 14.3. The van der Waals surface area contributed by atoms with E-state index in [2.05, 4.69) is 47.3 Å². The Kier molecular flexibility index (Phi) is 6.45. The van der Waals surface area contributed by atoms with Crippen molar-refractivity contribution in [2.45, 2.75) is 64.6 Å². The molecule has 31 heavy (non-hydrogen) atoms. The number of amides is 1. The lowest BCUT2D eigenvalue weighted by Crippen LogP contribution is -3.10. The molecule has 2 aromatic rings. The van der Waals surface area contributed by atoms with Crippen LogP contribution in [0.1, 0.15) is 59.7 Å². The molecule has 1 aromatic heterocycles. The highest BCUT2D eigenvalue weighted by molar-refractivity contribution is 5.92. The predicted octanol–water partition coefficient (Wildman–Crippen LogP) is 2.69. The van der Waals surface area contributed by atoms with E-state index < -0.39 is 0 Å². The summed E-state index contributed by atoms with van der Waals surface area (Å²) in [5.74, 6) is 0.568. The van der Waals surface area contributed by atoms with Crippen molar-refractivity contribution in [3.63, 3.8) is 0 Å². The van der Waals surface area contributed by atoms with Crippen LogP contribution >= 0.6 is 0 Å². The summed E-state index contributed by atoms with van der Waals surface area (Å²) in [5.41, 5.74) is 5.28. The molecule has 6 nitrogen and oxygen atoms in total. The fourth-order valence-electron chi connectivity index (χ4n) is 5.17. The molecule has 0 bridgehead atoms. The second-order valence-electron chi connectivity index (χ2n) is 9.01. The van der Waals surface area contributed by atoms with Crippen molar-refractivity contribution in [2.24, 2.45) is 0 Å². The number of ether oxygens (including phenoxy) is 1. The molecule has 0 spiro atoms. The summed E-state index contributed by atoms with van der Waals surface area (Å²) in [6.45, 7) is 5.78. The van der Waals surface area contributed by atoms with Gasteiger partial charge in [-0.2, -0.15) is 5.26 Å². The quantitative estimate of drug-likeness (QED) is 0.753. The maximum absolute atomic E-state index is 13.1. The number of likely N-dealkylation sites (N-methyl/N-ethyl adjacent to an activating group) is 1. The van der Waals surface area contributed by atoms with E-state index in [-0.39, 0.29) is 12.0 Å².